The fourth-order valence-electron chi connectivity index (χ4n) is 1.47. The number of rotatable bonds is 2. The minimum atomic E-state index is -0.402. The van der Waals surface area contributed by atoms with Crippen molar-refractivity contribution in [1.82, 2.24) is 0 Å². The highest BCUT2D eigenvalue weighted by Crippen LogP contribution is 2.33. The van der Waals surface area contributed by atoms with Crippen LogP contribution in [0.25, 0.3) is 11.0 Å². The summed E-state index contributed by atoms with van der Waals surface area (Å²) in [5.74, 6) is 0.579. The summed E-state index contributed by atoms with van der Waals surface area (Å²) in [6.45, 7) is 0.192. The number of halogens is 1. The molecule has 0 radical (unpaired) electrons. The SMILES string of the molecule is COc1c(CN)oc2c(F)cccc12. The third-order valence-electron chi connectivity index (χ3n) is 2.08. The number of nitrogens with two attached hydrogens (primary N) is 1. The van der Waals surface area contributed by atoms with Crippen molar-refractivity contribution >= 4 is 11.0 Å². The second kappa shape index (κ2) is 3.31. The van der Waals surface area contributed by atoms with Gasteiger partial charge in [0.1, 0.15) is 0 Å². The maximum Gasteiger partial charge on any atom is 0.173 e. The Morgan fingerprint density at radius 1 is 1.50 bits per heavy atom. The van der Waals surface area contributed by atoms with E-state index in [1.165, 1.54) is 13.2 Å². The summed E-state index contributed by atoms with van der Waals surface area (Å²) in [6.07, 6.45) is 0. The standard InChI is InChI=1S/C10H10FNO2/c1-13-10-6-3-2-4-7(11)9(6)14-8(10)5-12/h2-4H,5,12H2,1H3. The van der Waals surface area contributed by atoms with Crippen LogP contribution in [-0.4, -0.2) is 7.11 Å². The molecule has 0 spiro atoms. The lowest BCUT2D eigenvalue weighted by molar-refractivity contribution is 0.396. The summed E-state index contributed by atoms with van der Waals surface area (Å²) in [7, 11) is 1.51. The Hall–Kier alpha value is -1.55. The third kappa shape index (κ3) is 1.15. The average Bonchev–Trinajstić information content (AvgIpc) is 2.57. The number of hydrogen-bond donors (Lipinski definition) is 1. The second-order valence-corrected chi connectivity index (χ2v) is 2.88. The first-order valence-electron chi connectivity index (χ1n) is 4.22. The van der Waals surface area contributed by atoms with Crippen LogP contribution in [0.1, 0.15) is 5.76 Å². The molecule has 1 aromatic heterocycles. The molecule has 1 heterocycles. The molecule has 0 atom stereocenters. The van der Waals surface area contributed by atoms with Crippen LogP contribution in [0.3, 0.4) is 0 Å². The van der Waals surface area contributed by atoms with Crippen molar-refractivity contribution in [3.05, 3.63) is 29.8 Å². The zero-order valence-corrected chi connectivity index (χ0v) is 7.71. The number of methoxy groups -OCH3 is 1. The number of hydrogen-bond acceptors (Lipinski definition) is 3. The Labute approximate surface area is 80.3 Å². The Morgan fingerprint density at radius 3 is 2.93 bits per heavy atom. The zero-order valence-electron chi connectivity index (χ0n) is 7.71. The van der Waals surface area contributed by atoms with E-state index in [1.807, 2.05) is 0 Å². The van der Waals surface area contributed by atoms with Gasteiger partial charge in [0.25, 0.3) is 0 Å². The molecule has 14 heavy (non-hydrogen) atoms. The highest BCUT2D eigenvalue weighted by atomic mass is 19.1. The maximum atomic E-state index is 13.3. The molecule has 2 rings (SSSR count). The summed E-state index contributed by atoms with van der Waals surface area (Å²) in [5, 5.41) is 0.618. The summed E-state index contributed by atoms with van der Waals surface area (Å²) in [6, 6.07) is 4.68. The van der Waals surface area contributed by atoms with Crippen molar-refractivity contribution in [2.45, 2.75) is 6.54 Å². The number of furan rings is 1. The lowest BCUT2D eigenvalue weighted by Gasteiger charge is -1.97. The van der Waals surface area contributed by atoms with Gasteiger partial charge in [-0.3, -0.25) is 0 Å². The quantitative estimate of drug-likeness (QED) is 0.797. The Bertz CT molecular complexity index is 464. The number of benzene rings is 1. The summed E-state index contributed by atoms with van der Waals surface area (Å²) in [4.78, 5) is 0. The number of para-hydroxylation sites is 1. The van der Waals surface area contributed by atoms with E-state index >= 15 is 0 Å². The van der Waals surface area contributed by atoms with Crippen LogP contribution in [0, 0.1) is 5.82 Å². The van der Waals surface area contributed by atoms with Gasteiger partial charge in [-0.15, -0.1) is 0 Å². The van der Waals surface area contributed by atoms with Crippen molar-refractivity contribution in [1.29, 1.82) is 0 Å². The predicted molar refractivity (Wildman–Crippen MR) is 50.6 cm³/mol. The van der Waals surface area contributed by atoms with Gasteiger partial charge in [-0.25, -0.2) is 4.39 Å². The molecule has 74 valence electrons. The molecule has 0 amide bonds. The van der Waals surface area contributed by atoms with E-state index in [2.05, 4.69) is 0 Å². The molecule has 0 unspecified atom stereocenters. The lowest BCUT2D eigenvalue weighted by atomic mass is 10.2. The van der Waals surface area contributed by atoms with Crippen molar-refractivity contribution < 1.29 is 13.5 Å². The van der Waals surface area contributed by atoms with Gasteiger partial charge in [-0.05, 0) is 12.1 Å². The van der Waals surface area contributed by atoms with Crippen LogP contribution < -0.4 is 10.5 Å². The first kappa shape index (κ1) is 9.02. The summed E-state index contributed by atoms with van der Waals surface area (Å²) >= 11 is 0. The van der Waals surface area contributed by atoms with Gasteiger partial charge in [0, 0.05) is 0 Å². The normalized spacial score (nSPS) is 10.8. The molecule has 0 fully saturated rings. The van der Waals surface area contributed by atoms with Crippen LogP contribution in [0.4, 0.5) is 4.39 Å². The topological polar surface area (TPSA) is 48.4 Å². The van der Waals surface area contributed by atoms with E-state index < -0.39 is 5.82 Å². The van der Waals surface area contributed by atoms with Gasteiger partial charge in [0.05, 0.1) is 19.0 Å². The fraction of sp³-hybridized carbons (Fsp3) is 0.200. The molecule has 0 saturated heterocycles. The van der Waals surface area contributed by atoms with Gasteiger partial charge in [-0.1, -0.05) is 6.07 Å². The van der Waals surface area contributed by atoms with Crippen molar-refractivity contribution in [3.8, 4) is 5.75 Å². The average molecular weight is 195 g/mol. The Kier molecular flexibility index (Phi) is 2.13. The minimum Gasteiger partial charge on any atom is -0.492 e. The first-order valence-corrected chi connectivity index (χ1v) is 4.22. The molecule has 2 aromatic rings. The van der Waals surface area contributed by atoms with Crippen LogP contribution >= 0.6 is 0 Å². The third-order valence-corrected chi connectivity index (χ3v) is 2.08. The number of fused-ring (bicyclic) bond motifs is 1. The summed E-state index contributed by atoms with van der Waals surface area (Å²) in [5.41, 5.74) is 5.64. The van der Waals surface area contributed by atoms with E-state index in [-0.39, 0.29) is 12.1 Å². The molecular weight excluding hydrogens is 185 g/mol. The largest absolute Gasteiger partial charge is 0.492 e. The van der Waals surface area contributed by atoms with E-state index in [0.29, 0.717) is 16.9 Å². The minimum absolute atomic E-state index is 0.192. The van der Waals surface area contributed by atoms with Crippen molar-refractivity contribution in [3.63, 3.8) is 0 Å². The maximum absolute atomic E-state index is 13.3. The fourth-order valence-corrected chi connectivity index (χ4v) is 1.47. The second-order valence-electron chi connectivity index (χ2n) is 2.88. The van der Waals surface area contributed by atoms with Gasteiger partial charge in [0.2, 0.25) is 0 Å². The molecular formula is C10H10FNO2. The smallest absolute Gasteiger partial charge is 0.173 e. The number of ether oxygens (including phenoxy) is 1. The molecule has 2 N–H and O–H groups in total. The zero-order chi connectivity index (χ0) is 10.1. The highest BCUT2D eigenvalue weighted by molar-refractivity contribution is 5.85. The van der Waals surface area contributed by atoms with Crippen LogP contribution in [0.15, 0.2) is 22.6 Å². The van der Waals surface area contributed by atoms with Gasteiger partial charge < -0.3 is 14.9 Å². The Morgan fingerprint density at radius 2 is 2.29 bits per heavy atom. The van der Waals surface area contributed by atoms with Crippen LogP contribution in [-0.2, 0) is 6.54 Å². The van der Waals surface area contributed by atoms with Gasteiger partial charge in [0.15, 0.2) is 22.9 Å². The molecule has 0 bridgehead atoms. The molecule has 0 saturated carbocycles. The van der Waals surface area contributed by atoms with E-state index in [9.17, 15) is 4.39 Å². The molecule has 0 aliphatic carbocycles. The molecule has 0 aliphatic heterocycles. The monoisotopic (exact) mass is 195 g/mol. The molecule has 4 heteroatoms. The summed E-state index contributed by atoms with van der Waals surface area (Å²) < 4.78 is 23.6. The lowest BCUT2D eigenvalue weighted by Crippen LogP contribution is -1.96. The molecule has 0 aliphatic rings. The van der Waals surface area contributed by atoms with E-state index in [1.54, 1.807) is 12.1 Å². The van der Waals surface area contributed by atoms with Crippen LogP contribution in [0.5, 0.6) is 5.75 Å². The van der Waals surface area contributed by atoms with E-state index in [4.69, 9.17) is 14.9 Å². The van der Waals surface area contributed by atoms with Crippen molar-refractivity contribution in [2.24, 2.45) is 5.73 Å². The molecule has 3 nitrogen and oxygen atoms in total. The van der Waals surface area contributed by atoms with Gasteiger partial charge in [-0.2, -0.15) is 0 Å². The highest BCUT2D eigenvalue weighted by Gasteiger charge is 2.15. The molecule has 1 aromatic carbocycles. The Balaban J connectivity index is 2.79. The van der Waals surface area contributed by atoms with E-state index in [0.717, 1.165) is 0 Å². The predicted octanol–water partition coefficient (Wildman–Crippen LogP) is 2.04. The van der Waals surface area contributed by atoms with Crippen molar-refractivity contribution in [2.75, 3.05) is 7.11 Å². The first-order chi connectivity index (χ1) is 6.77. The van der Waals surface area contributed by atoms with Gasteiger partial charge >= 0.3 is 0 Å². The van der Waals surface area contributed by atoms with Crippen LogP contribution in [0.2, 0.25) is 0 Å².